The minimum atomic E-state index is -0.221. The Balaban J connectivity index is 1.88. The van der Waals surface area contributed by atoms with Gasteiger partial charge in [-0.25, -0.2) is 0 Å². The smallest absolute Gasteiger partial charge is 0.0843 e. The summed E-state index contributed by atoms with van der Waals surface area (Å²) in [6.07, 6.45) is 5.14. The first-order valence-corrected chi connectivity index (χ1v) is 5.03. The van der Waals surface area contributed by atoms with Gasteiger partial charge in [-0.15, -0.1) is 5.10 Å². The summed E-state index contributed by atoms with van der Waals surface area (Å²) in [7, 11) is 0. The van der Waals surface area contributed by atoms with Gasteiger partial charge in [0.15, 0.2) is 0 Å². The molecule has 0 bridgehead atoms. The fraction of sp³-hybridized carbons (Fsp3) is 0.778. The highest BCUT2D eigenvalue weighted by molar-refractivity contribution is 4.95. The van der Waals surface area contributed by atoms with Crippen LogP contribution < -0.4 is 5.73 Å². The van der Waals surface area contributed by atoms with Crippen molar-refractivity contribution in [3.63, 3.8) is 0 Å². The van der Waals surface area contributed by atoms with Crippen molar-refractivity contribution in [3.8, 4) is 0 Å². The van der Waals surface area contributed by atoms with Crippen LogP contribution in [-0.4, -0.2) is 32.7 Å². The van der Waals surface area contributed by atoms with Crippen LogP contribution in [0.25, 0.3) is 0 Å². The number of aliphatic hydroxyl groups excluding tert-OH is 1. The number of hydrogen-bond acceptors (Lipinski definition) is 4. The zero-order valence-corrected chi connectivity index (χ0v) is 8.13. The molecular formula is C9H16N4O. The van der Waals surface area contributed by atoms with Crippen molar-refractivity contribution in [3.05, 3.63) is 11.9 Å². The van der Waals surface area contributed by atoms with Gasteiger partial charge in [0.1, 0.15) is 0 Å². The van der Waals surface area contributed by atoms with Gasteiger partial charge in [0.05, 0.1) is 12.3 Å². The molecule has 5 heteroatoms. The van der Waals surface area contributed by atoms with Gasteiger partial charge in [-0.2, -0.15) is 0 Å². The highest BCUT2D eigenvalue weighted by Crippen LogP contribution is 2.30. The van der Waals surface area contributed by atoms with Crippen molar-refractivity contribution in [2.75, 3.05) is 6.61 Å². The predicted octanol–water partition coefficient (Wildman–Crippen LogP) is -0.450. The Morgan fingerprint density at radius 2 is 2.43 bits per heavy atom. The Morgan fingerprint density at radius 3 is 3.07 bits per heavy atom. The van der Waals surface area contributed by atoms with E-state index >= 15 is 0 Å². The van der Waals surface area contributed by atoms with Crippen LogP contribution in [-0.2, 0) is 13.0 Å². The van der Waals surface area contributed by atoms with Crippen molar-refractivity contribution >= 4 is 0 Å². The van der Waals surface area contributed by atoms with Crippen LogP contribution in [0.1, 0.15) is 18.5 Å². The van der Waals surface area contributed by atoms with E-state index in [4.69, 9.17) is 10.8 Å². The maximum atomic E-state index is 8.78. The molecule has 3 N–H and O–H groups in total. The second-order valence-corrected chi connectivity index (χ2v) is 4.02. The molecule has 1 saturated carbocycles. The van der Waals surface area contributed by atoms with Gasteiger partial charge in [-0.1, -0.05) is 5.21 Å². The molecule has 0 amide bonds. The molecule has 5 nitrogen and oxygen atoms in total. The second-order valence-electron chi connectivity index (χ2n) is 4.02. The van der Waals surface area contributed by atoms with Crippen molar-refractivity contribution < 1.29 is 5.11 Å². The Kier molecular flexibility index (Phi) is 2.79. The summed E-state index contributed by atoms with van der Waals surface area (Å²) in [6.45, 7) is 0.969. The third kappa shape index (κ3) is 2.52. The average molecular weight is 196 g/mol. The maximum Gasteiger partial charge on any atom is 0.0843 e. The fourth-order valence-electron chi connectivity index (χ4n) is 1.42. The van der Waals surface area contributed by atoms with Crippen molar-refractivity contribution in [2.24, 2.45) is 11.7 Å². The lowest BCUT2D eigenvalue weighted by Gasteiger charge is -2.03. The molecule has 1 aromatic heterocycles. The SMILES string of the molecule is NC(CO)Cc1cn(CC2CC2)nn1. The second kappa shape index (κ2) is 4.06. The molecule has 1 unspecified atom stereocenters. The first-order chi connectivity index (χ1) is 6.78. The first kappa shape index (κ1) is 9.61. The van der Waals surface area contributed by atoms with Gasteiger partial charge in [0.25, 0.3) is 0 Å². The van der Waals surface area contributed by atoms with E-state index in [1.165, 1.54) is 12.8 Å². The van der Waals surface area contributed by atoms with Gasteiger partial charge in [-0.05, 0) is 18.8 Å². The number of aromatic nitrogens is 3. The van der Waals surface area contributed by atoms with Crippen LogP contribution in [0.3, 0.4) is 0 Å². The first-order valence-electron chi connectivity index (χ1n) is 5.03. The number of hydrogen-bond donors (Lipinski definition) is 2. The topological polar surface area (TPSA) is 77.0 Å². The number of nitrogens with zero attached hydrogens (tertiary/aromatic N) is 3. The largest absolute Gasteiger partial charge is 0.395 e. The lowest BCUT2D eigenvalue weighted by Crippen LogP contribution is -2.26. The zero-order chi connectivity index (χ0) is 9.97. The Bertz CT molecular complexity index is 295. The summed E-state index contributed by atoms with van der Waals surface area (Å²) >= 11 is 0. The van der Waals surface area contributed by atoms with Gasteiger partial charge in [-0.3, -0.25) is 4.68 Å². The van der Waals surface area contributed by atoms with Crippen LogP contribution in [0.2, 0.25) is 0 Å². The van der Waals surface area contributed by atoms with E-state index < -0.39 is 0 Å². The average Bonchev–Trinajstić information content (AvgIpc) is 2.87. The lowest BCUT2D eigenvalue weighted by atomic mass is 10.2. The van der Waals surface area contributed by atoms with E-state index in [-0.39, 0.29) is 12.6 Å². The van der Waals surface area contributed by atoms with Crippen LogP contribution >= 0.6 is 0 Å². The molecule has 0 aliphatic heterocycles. The fourth-order valence-corrected chi connectivity index (χ4v) is 1.42. The zero-order valence-electron chi connectivity index (χ0n) is 8.13. The predicted molar refractivity (Wildman–Crippen MR) is 51.5 cm³/mol. The summed E-state index contributed by atoms with van der Waals surface area (Å²) in [5.74, 6) is 0.802. The van der Waals surface area contributed by atoms with E-state index in [1.54, 1.807) is 0 Å². The summed E-state index contributed by atoms with van der Waals surface area (Å²) in [5, 5.41) is 16.8. The molecule has 0 spiro atoms. The molecule has 14 heavy (non-hydrogen) atoms. The molecular weight excluding hydrogens is 180 g/mol. The van der Waals surface area contributed by atoms with Crippen molar-refractivity contribution in [1.29, 1.82) is 0 Å². The van der Waals surface area contributed by atoms with Gasteiger partial charge < -0.3 is 10.8 Å². The Labute approximate surface area is 82.9 Å². The molecule has 1 fully saturated rings. The molecule has 0 saturated heterocycles. The van der Waals surface area contributed by atoms with Crippen LogP contribution in [0.4, 0.5) is 0 Å². The normalized spacial score (nSPS) is 18.4. The summed E-state index contributed by atoms with van der Waals surface area (Å²) < 4.78 is 1.87. The quantitative estimate of drug-likeness (QED) is 0.668. The third-order valence-corrected chi connectivity index (χ3v) is 2.43. The standard InChI is InChI=1S/C9H16N4O/c10-8(6-14)3-9-5-13(12-11-9)4-7-1-2-7/h5,7-8,14H,1-4,6,10H2. The van der Waals surface area contributed by atoms with E-state index in [0.717, 1.165) is 18.2 Å². The minimum absolute atomic E-state index is 0.00448. The molecule has 1 aromatic rings. The van der Waals surface area contributed by atoms with E-state index in [1.807, 2.05) is 10.9 Å². The summed E-state index contributed by atoms with van der Waals surface area (Å²) in [6, 6.07) is -0.221. The molecule has 1 aliphatic rings. The van der Waals surface area contributed by atoms with Crippen molar-refractivity contribution in [1.82, 2.24) is 15.0 Å². The van der Waals surface area contributed by atoms with E-state index in [9.17, 15) is 0 Å². The Morgan fingerprint density at radius 1 is 1.64 bits per heavy atom. The molecule has 1 heterocycles. The molecule has 1 atom stereocenters. The highest BCUT2D eigenvalue weighted by Gasteiger charge is 2.22. The molecule has 0 aromatic carbocycles. The van der Waals surface area contributed by atoms with E-state index in [0.29, 0.717) is 6.42 Å². The molecule has 2 rings (SSSR count). The van der Waals surface area contributed by atoms with Gasteiger partial charge in [0.2, 0.25) is 0 Å². The minimum Gasteiger partial charge on any atom is -0.395 e. The summed E-state index contributed by atoms with van der Waals surface area (Å²) in [4.78, 5) is 0. The van der Waals surface area contributed by atoms with Gasteiger partial charge in [0, 0.05) is 25.2 Å². The van der Waals surface area contributed by atoms with Crippen LogP contribution in [0, 0.1) is 5.92 Å². The van der Waals surface area contributed by atoms with E-state index in [2.05, 4.69) is 10.3 Å². The molecule has 0 radical (unpaired) electrons. The molecule has 1 aliphatic carbocycles. The van der Waals surface area contributed by atoms with Crippen LogP contribution in [0.15, 0.2) is 6.20 Å². The molecule has 78 valence electrons. The number of nitrogens with two attached hydrogens (primary N) is 1. The third-order valence-electron chi connectivity index (χ3n) is 2.43. The number of rotatable bonds is 5. The Hall–Kier alpha value is -0.940. The maximum absolute atomic E-state index is 8.78. The highest BCUT2D eigenvalue weighted by atomic mass is 16.3. The van der Waals surface area contributed by atoms with Crippen molar-refractivity contribution in [2.45, 2.75) is 31.8 Å². The lowest BCUT2D eigenvalue weighted by molar-refractivity contribution is 0.264. The summed E-state index contributed by atoms with van der Waals surface area (Å²) in [5.41, 5.74) is 6.47. The van der Waals surface area contributed by atoms with Crippen LogP contribution in [0.5, 0.6) is 0 Å². The number of aliphatic hydroxyl groups is 1. The van der Waals surface area contributed by atoms with Gasteiger partial charge >= 0.3 is 0 Å². The monoisotopic (exact) mass is 196 g/mol.